The molecule has 1 aliphatic rings. The van der Waals surface area contributed by atoms with Gasteiger partial charge in [-0.25, -0.2) is 0 Å². The van der Waals surface area contributed by atoms with E-state index in [0.29, 0.717) is 17.8 Å². The van der Waals surface area contributed by atoms with Crippen LogP contribution in [0.3, 0.4) is 0 Å². The Hall–Kier alpha value is -1.79. The Bertz CT molecular complexity index is 444. The van der Waals surface area contributed by atoms with Gasteiger partial charge in [-0.15, -0.1) is 0 Å². The standard InChI is InChI=1S/C11H12N2O3.C2H6O/c14-4-3-8-1-2-9(10-6-12-7-10)5-11(8)13(15)16;1-3-2/h1-2,4-5,10,12H,3,6-7H2;1-2H3. The largest absolute Gasteiger partial charge is 0.388 e. The summed E-state index contributed by atoms with van der Waals surface area (Å²) in [5.41, 5.74) is 1.51. The summed E-state index contributed by atoms with van der Waals surface area (Å²) in [6.45, 7) is 1.73. The lowest BCUT2D eigenvalue weighted by Crippen LogP contribution is -2.39. The van der Waals surface area contributed by atoms with Gasteiger partial charge in [0.25, 0.3) is 5.69 Å². The first-order valence-electron chi connectivity index (χ1n) is 5.95. The van der Waals surface area contributed by atoms with Gasteiger partial charge in [0.15, 0.2) is 0 Å². The van der Waals surface area contributed by atoms with E-state index in [-0.39, 0.29) is 12.1 Å². The highest BCUT2D eigenvalue weighted by molar-refractivity contribution is 5.60. The number of ether oxygens (including phenoxy) is 1. The van der Waals surface area contributed by atoms with Crippen LogP contribution >= 0.6 is 0 Å². The highest BCUT2D eigenvalue weighted by Gasteiger charge is 2.22. The van der Waals surface area contributed by atoms with Crippen LogP contribution in [0.1, 0.15) is 17.0 Å². The fraction of sp³-hybridized carbons (Fsp3) is 0.462. The quantitative estimate of drug-likeness (QED) is 0.504. The van der Waals surface area contributed by atoms with Gasteiger partial charge in [-0.3, -0.25) is 10.1 Å². The average Bonchev–Trinajstić information content (AvgIpc) is 2.30. The van der Waals surface area contributed by atoms with Crippen molar-refractivity contribution < 1.29 is 14.5 Å². The third-order valence-electron chi connectivity index (χ3n) is 2.86. The molecule has 1 fully saturated rings. The third-order valence-corrected chi connectivity index (χ3v) is 2.86. The Labute approximate surface area is 111 Å². The number of methoxy groups -OCH3 is 1. The number of benzene rings is 1. The van der Waals surface area contributed by atoms with Crippen LogP contribution in [0, 0.1) is 10.1 Å². The van der Waals surface area contributed by atoms with Crippen molar-refractivity contribution in [1.29, 1.82) is 0 Å². The van der Waals surface area contributed by atoms with Crippen molar-refractivity contribution in [2.24, 2.45) is 0 Å². The number of nitrogens with zero attached hydrogens (tertiary/aromatic N) is 1. The van der Waals surface area contributed by atoms with Crippen LogP contribution in [-0.4, -0.2) is 38.5 Å². The molecular weight excluding hydrogens is 248 g/mol. The molecule has 1 heterocycles. The number of nitro benzene ring substituents is 1. The van der Waals surface area contributed by atoms with Crippen LogP contribution in [-0.2, 0) is 16.0 Å². The smallest absolute Gasteiger partial charge is 0.273 e. The van der Waals surface area contributed by atoms with Crippen molar-refractivity contribution in [3.8, 4) is 0 Å². The van der Waals surface area contributed by atoms with E-state index in [1.807, 2.05) is 6.07 Å². The molecule has 6 nitrogen and oxygen atoms in total. The van der Waals surface area contributed by atoms with Gasteiger partial charge in [-0.05, 0) is 5.56 Å². The summed E-state index contributed by atoms with van der Waals surface area (Å²) in [7, 11) is 3.25. The maximum atomic E-state index is 10.9. The predicted molar refractivity (Wildman–Crippen MR) is 71.4 cm³/mol. The summed E-state index contributed by atoms with van der Waals surface area (Å²) in [4.78, 5) is 20.8. The third kappa shape index (κ3) is 4.11. The molecule has 0 saturated carbocycles. The normalized spacial score (nSPS) is 14.0. The Morgan fingerprint density at radius 1 is 1.47 bits per heavy atom. The molecule has 2 rings (SSSR count). The Morgan fingerprint density at radius 2 is 2.11 bits per heavy atom. The first-order chi connectivity index (χ1) is 9.13. The maximum absolute atomic E-state index is 10.9. The monoisotopic (exact) mass is 266 g/mol. The first kappa shape index (κ1) is 15.3. The number of rotatable bonds is 4. The van der Waals surface area contributed by atoms with E-state index in [1.165, 1.54) is 0 Å². The van der Waals surface area contributed by atoms with E-state index < -0.39 is 4.92 Å². The van der Waals surface area contributed by atoms with E-state index in [4.69, 9.17) is 0 Å². The summed E-state index contributed by atoms with van der Waals surface area (Å²) in [5, 5.41) is 14.0. The highest BCUT2D eigenvalue weighted by Crippen LogP contribution is 2.27. The lowest BCUT2D eigenvalue weighted by atomic mass is 9.92. The number of carbonyl (C=O) groups excluding carboxylic acids is 1. The zero-order valence-electron chi connectivity index (χ0n) is 11.1. The summed E-state index contributed by atoms with van der Waals surface area (Å²) in [5.74, 6) is 0.365. The van der Waals surface area contributed by atoms with E-state index in [0.717, 1.165) is 18.7 Å². The number of carbonyl (C=O) groups is 1. The minimum atomic E-state index is -0.422. The molecule has 0 atom stereocenters. The van der Waals surface area contributed by atoms with Gasteiger partial charge in [-0.2, -0.15) is 0 Å². The SMILES string of the molecule is COC.O=CCc1ccc(C2CNC2)cc1[N+](=O)[O-]. The van der Waals surface area contributed by atoms with E-state index >= 15 is 0 Å². The van der Waals surface area contributed by atoms with Crippen molar-refractivity contribution in [3.63, 3.8) is 0 Å². The van der Waals surface area contributed by atoms with Crippen LogP contribution in [0.25, 0.3) is 0 Å². The van der Waals surface area contributed by atoms with Gasteiger partial charge in [0.2, 0.25) is 0 Å². The molecule has 0 amide bonds. The second-order valence-electron chi connectivity index (χ2n) is 4.28. The molecule has 0 unspecified atom stereocenters. The summed E-state index contributed by atoms with van der Waals surface area (Å²) < 4.78 is 4.25. The second kappa shape index (κ2) is 7.60. The molecule has 0 aliphatic carbocycles. The minimum Gasteiger partial charge on any atom is -0.388 e. The second-order valence-corrected chi connectivity index (χ2v) is 4.28. The molecule has 1 aromatic carbocycles. The Morgan fingerprint density at radius 3 is 2.53 bits per heavy atom. The molecule has 0 aromatic heterocycles. The van der Waals surface area contributed by atoms with E-state index in [1.54, 1.807) is 26.4 Å². The number of hydrogen-bond acceptors (Lipinski definition) is 5. The first-order valence-corrected chi connectivity index (χ1v) is 5.95. The molecule has 104 valence electrons. The average molecular weight is 266 g/mol. The molecule has 19 heavy (non-hydrogen) atoms. The molecule has 1 N–H and O–H groups in total. The van der Waals surface area contributed by atoms with Gasteiger partial charge in [0, 0.05) is 51.3 Å². The van der Waals surface area contributed by atoms with Crippen molar-refractivity contribution in [2.75, 3.05) is 27.3 Å². The summed E-state index contributed by atoms with van der Waals surface area (Å²) in [6.07, 6.45) is 0.784. The van der Waals surface area contributed by atoms with Crippen LogP contribution in [0.4, 0.5) is 5.69 Å². The highest BCUT2D eigenvalue weighted by atomic mass is 16.6. The molecule has 0 radical (unpaired) electrons. The van der Waals surface area contributed by atoms with Crippen LogP contribution in [0.5, 0.6) is 0 Å². The van der Waals surface area contributed by atoms with Crippen LogP contribution in [0.15, 0.2) is 18.2 Å². The van der Waals surface area contributed by atoms with Crippen molar-refractivity contribution >= 4 is 12.0 Å². The molecule has 1 saturated heterocycles. The molecule has 0 bridgehead atoms. The fourth-order valence-corrected chi connectivity index (χ4v) is 1.79. The predicted octanol–water partition coefficient (Wildman–Crippen LogP) is 1.29. The van der Waals surface area contributed by atoms with Crippen molar-refractivity contribution in [1.82, 2.24) is 5.32 Å². The maximum Gasteiger partial charge on any atom is 0.273 e. The Kier molecular flexibility index (Phi) is 6.11. The van der Waals surface area contributed by atoms with Gasteiger partial charge in [0.05, 0.1) is 4.92 Å². The number of aldehydes is 1. The number of nitrogens with one attached hydrogen (secondary N) is 1. The van der Waals surface area contributed by atoms with Gasteiger partial charge >= 0.3 is 0 Å². The molecular formula is C13H18N2O4. The topological polar surface area (TPSA) is 81.5 Å². The number of nitro groups is 1. The van der Waals surface area contributed by atoms with Crippen LogP contribution in [0.2, 0.25) is 0 Å². The summed E-state index contributed by atoms with van der Waals surface area (Å²) in [6, 6.07) is 5.14. The molecule has 0 spiro atoms. The fourth-order valence-electron chi connectivity index (χ4n) is 1.79. The van der Waals surface area contributed by atoms with E-state index in [2.05, 4.69) is 10.1 Å². The Balaban J connectivity index is 0.000000550. The zero-order valence-corrected chi connectivity index (χ0v) is 11.1. The zero-order chi connectivity index (χ0) is 14.3. The van der Waals surface area contributed by atoms with E-state index in [9.17, 15) is 14.9 Å². The molecule has 6 heteroatoms. The number of hydrogen-bond donors (Lipinski definition) is 1. The minimum absolute atomic E-state index is 0.0523. The lowest BCUT2D eigenvalue weighted by Gasteiger charge is -2.27. The van der Waals surface area contributed by atoms with Crippen molar-refractivity contribution in [2.45, 2.75) is 12.3 Å². The van der Waals surface area contributed by atoms with Gasteiger partial charge in [-0.1, -0.05) is 12.1 Å². The molecule has 1 aromatic rings. The molecule has 1 aliphatic heterocycles. The van der Waals surface area contributed by atoms with Gasteiger partial charge in [0.1, 0.15) is 6.29 Å². The van der Waals surface area contributed by atoms with Crippen molar-refractivity contribution in [3.05, 3.63) is 39.4 Å². The summed E-state index contributed by atoms with van der Waals surface area (Å²) >= 11 is 0. The van der Waals surface area contributed by atoms with Crippen LogP contribution < -0.4 is 5.32 Å². The van der Waals surface area contributed by atoms with Gasteiger partial charge < -0.3 is 14.8 Å². The lowest BCUT2D eigenvalue weighted by molar-refractivity contribution is -0.385.